The normalized spacial score (nSPS) is 24.3. The third-order valence-electron chi connectivity index (χ3n) is 4.73. The van der Waals surface area contributed by atoms with Gasteiger partial charge in [-0.1, -0.05) is 11.8 Å². The molecule has 6 nitrogen and oxygen atoms in total. The van der Waals surface area contributed by atoms with Crippen molar-refractivity contribution >= 4 is 22.8 Å². The first-order valence-corrected chi connectivity index (χ1v) is 9.14. The molecule has 4 rings (SSSR count). The minimum absolute atomic E-state index is 0.230. The maximum absolute atomic E-state index is 12.7. The maximum Gasteiger partial charge on any atom is 0.228 e. The Morgan fingerprint density at radius 3 is 3.22 bits per heavy atom. The quantitative estimate of drug-likeness (QED) is 0.922. The van der Waals surface area contributed by atoms with Crippen LogP contribution >= 0.6 is 11.8 Å². The monoisotopic (exact) mass is 331 g/mol. The maximum atomic E-state index is 12.7. The number of aromatic nitrogens is 2. The molecule has 23 heavy (non-hydrogen) atoms. The number of fused-ring (bicyclic) bond motifs is 1. The first kappa shape index (κ1) is 14.8. The van der Waals surface area contributed by atoms with Gasteiger partial charge < -0.3 is 9.80 Å². The van der Waals surface area contributed by atoms with Crippen LogP contribution < -0.4 is 0 Å². The number of rotatable bonds is 3. The van der Waals surface area contributed by atoms with Crippen molar-refractivity contribution < 1.29 is 4.79 Å². The molecule has 1 aromatic rings. The number of carbonyl (C=O) groups excluding carboxylic acids is 1. The Balaban J connectivity index is 1.39. The second-order valence-electron chi connectivity index (χ2n) is 6.26. The zero-order chi connectivity index (χ0) is 15.6. The summed E-state index contributed by atoms with van der Waals surface area (Å²) in [5.74, 6) is 0.613. The van der Waals surface area contributed by atoms with Gasteiger partial charge >= 0.3 is 0 Å². The van der Waals surface area contributed by atoms with E-state index < -0.39 is 0 Å². The molecule has 0 spiro atoms. The van der Waals surface area contributed by atoms with Gasteiger partial charge in [0.25, 0.3) is 0 Å². The van der Waals surface area contributed by atoms with E-state index in [9.17, 15) is 4.79 Å². The van der Waals surface area contributed by atoms with Crippen LogP contribution in [0.4, 0.5) is 0 Å². The Labute approximate surface area is 140 Å². The van der Waals surface area contributed by atoms with E-state index >= 15 is 0 Å². The average molecular weight is 331 g/mol. The van der Waals surface area contributed by atoms with Crippen molar-refractivity contribution in [2.45, 2.75) is 31.6 Å². The van der Waals surface area contributed by atoms with Gasteiger partial charge in [-0.25, -0.2) is 0 Å². The summed E-state index contributed by atoms with van der Waals surface area (Å²) in [6.07, 6.45) is 5.52. The highest BCUT2D eigenvalue weighted by Gasteiger charge is 2.30. The van der Waals surface area contributed by atoms with Crippen molar-refractivity contribution in [1.29, 1.82) is 0 Å². The number of nitrogens with zero attached hydrogens (tertiary/aromatic N) is 4. The lowest BCUT2D eigenvalue weighted by Gasteiger charge is -2.33. The van der Waals surface area contributed by atoms with E-state index in [1.807, 2.05) is 11.0 Å². The summed E-state index contributed by atoms with van der Waals surface area (Å²) in [6.45, 7) is 3.56. The number of amides is 1. The minimum atomic E-state index is 0.230. The summed E-state index contributed by atoms with van der Waals surface area (Å²) in [6, 6.07) is 2.02. The minimum Gasteiger partial charge on any atom is -0.342 e. The Bertz CT molecular complexity index is 639. The number of aromatic amines is 1. The van der Waals surface area contributed by atoms with Crippen LogP contribution in [0.25, 0.3) is 0 Å². The fourth-order valence-electron chi connectivity index (χ4n) is 3.49. The lowest BCUT2D eigenvalue weighted by Crippen LogP contribution is -2.40. The molecule has 0 radical (unpaired) electrons. The Hall–Kier alpha value is -1.76. The first-order chi connectivity index (χ1) is 11.3. The molecular formula is C16H21N5OS. The molecule has 0 saturated carbocycles. The van der Waals surface area contributed by atoms with Gasteiger partial charge in [-0.05, 0) is 30.7 Å². The number of amidine groups is 1. The van der Waals surface area contributed by atoms with Crippen LogP contribution in [0.5, 0.6) is 0 Å². The second kappa shape index (κ2) is 6.39. The number of H-pyrrole nitrogens is 1. The molecular weight excluding hydrogens is 310 g/mol. The first-order valence-electron chi connectivity index (χ1n) is 8.26. The van der Waals surface area contributed by atoms with Crippen molar-refractivity contribution in [3.63, 3.8) is 0 Å². The number of thioether (sulfide) groups is 1. The number of nitrogens with one attached hydrogen (secondary N) is 1. The van der Waals surface area contributed by atoms with Crippen LogP contribution in [0.1, 0.15) is 37.3 Å². The fourth-order valence-corrected chi connectivity index (χ4v) is 4.45. The molecule has 1 fully saturated rings. The summed E-state index contributed by atoms with van der Waals surface area (Å²) in [7, 11) is 0. The van der Waals surface area contributed by atoms with Gasteiger partial charge in [-0.3, -0.25) is 14.9 Å². The summed E-state index contributed by atoms with van der Waals surface area (Å²) in [5, 5.41) is 10.2. The molecule has 1 saturated heterocycles. The lowest BCUT2D eigenvalue weighted by atomic mass is 9.94. The number of piperidine rings is 1. The van der Waals surface area contributed by atoms with Gasteiger partial charge in [-0.2, -0.15) is 5.10 Å². The van der Waals surface area contributed by atoms with Crippen molar-refractivity contribution in [3.05, 3.63) is 29.1 Å². The Kier molecular flexibility index (Phi) is 4.11. The van der Waals surface area contributed by atoms with Crippen molar-refractivity contribution in [3.8, 4) is 0 Å². The SMILES string of the molecule is O=C(CC1=CSC2=NCCCN12)N1CCC[C@H](c2ccn[nH]2)C1. The van der Waals surface area contributed by atoms with Gasteiger partial charge in [0.1, 0.15) is 0 Å². The van der Waals surface area contributed by atoms with E-state index in [0.29, 0.717) is 12.3 Å². The number of hydrogen-bond donors (Lipinski definition) is 1. The summed E-state index contributed by atoms with van der Waals surface area (Å²) >= 11 is 1.65. The standard InChI is InChI=1S/C16H21N5OS/c22-15(9-13-11-23-16-17-5-2-8-21(13)16)20-7-1-3-12(10-20)14-4-6-18-19-14/h4,6,11-12H,1-3,5,7-10H2,(H,18,19)/t12-/m0/s1. The molecule has 122 valence electrons. The van der Waals surface area contributed by atoms with Crippen molar-refractivity contribution in [2.24, 2.45) is 4.99 Å². The zero-order valence-corrected chi connectivity index (χ0v) is 13.9. The molecule has 1 amide bonds. The molecule has 1 N–H and O–H groups in total. The summed E-state index contributed by atoms with van der Waals surface area (Å²) in [4.78, 5) is 21.5. The van der Waals surface area contributed by atoms with E-state index in [0.717, 1.165) is 62.0 Å². The second-order valence-corrected chi connectivity index (χ2v) is 7.10. The predicted molar refractivity (Wildman–Crippen MR) is 91.1 cm³/mol. The summed E-state index contributed by atoms with van der Waals surface area (Å²) in [5.41, 5.74) is 2.26. The topological polar surface area (TPSA) is 64.6 Å². The van der Waals surface area contributed by atoms with Gasteiger partial charge in [0.15, 0.2) is 5.17 Å². The molecule has 1 aromatic heterocycles. The van der Waals surface area contributed by atoms with Crippen molar-refractivity contribution in [2.75, 3.05) is 26.2 Å². The highest BCUT2D eigenvalue weighted by molar-refractivity contribution is 8.16. The summed E-state index contributed by atoms with van der Waals surface area (Å²) < 4.78 is 0. The van der Waals surface area contributed by atoms with Gasteiger partial charge in [0.05, 0.1) is 6.42 Å². The van der Waals surface area contributed by atoms with Crippen LogP contribution in [0, 0.1) is 0 Å². The molecule has 4 heterocycles. The van der Waals surface area contributed by atoms with E-state index in [2.05, 4.69) is 25.5 Å². The molecule has 3 aliphatic rings. The Morgan fingerprint density at radius 1 is 1.39 bits per heavy atom. The molecule has 1 atom stereocenters. The van der Waals surface area contributed by atoms with E-state index in [1.165, 1.54) is 0 Å². The van der Waals surface area contributed by atoms with Crippen LogP contribution in [-0.2, 0) is 4.79 Å². The third-order valence-corrected chi connectivity index (χ3v) is 5.68. The lowest BCUT2D eigenvalue weighted by molar-refractivity contribution is -0.131. The van der Waals surface area contributed by atoms with Gasteiger partial charge in [-0.15, -0.1) is 0 Å². The average Bonchev–Trinajstić information content (AvgIpc) is 3.25. The number of carbonyl (C=O) groups is 1. The number of likely N-dealkylation sites (tertiary alicyclic amines) is 1. The molecule has 3 aliphatic heterocycles. The van der Waals surface area contributed by atoms with E-state index in [-0.39, 0.29) is 5.91 Å². The van der Waals surface area contributed by atoms with Crippen LogP contribution in [0.15, 0.2) is 28.4 Å². The van der Waals surface area contributed by atoms with Crippen LogP contribution in [-0.4, -0.2) is 57.3 Å². The van der Waals surface area contributed by atoms with Gasteiger partial charge in [0, 0.05) is 49.7 Å². The van der Waals surface area contributed by atoms with Crippen LogP contribution in [0.2, 0.25) is 0 Å². The smallest absolute Gasteiger partial charge is 0.228 e. The van der Waals surface area contributed by atoms with Crippen LogP contribution in [0.3, 0.4) is 0 Å². The third kappa shape index (κ3) is 3.02. The van der Waals surface area contributed by atoms with E-state index in [1.54, 1.807) is 18.0 Å². The number of hydrogen-bond acceptors (Lipinski definition) is 5. The van der Waals surface area contributed by atoms with Crippen molar-refractivity contribution in [1.82, 2.24) is 20.0 Å². The van der Waals surface area contributed by atoms with E-state index in [4.69, 9.17) is 0 Å². The highest BCUT2D eigenvalue weighted by Crippen LogP contribution is 2.32. The Morgan fingerprint density at radius 2 is 2.35 bits per heavy atom. The molecule has 0 unspecified atom stereocenters. The largest absolute Gasteiger partial charge is 0.342 e. The predicted octanol–water partition coefficient (Wildman–Crippen LogP) is 2.16. The number of aliphatic imine (C=N–C) groups is 1. The molecule has 7 heteroatoms. The molecule has 0 aliphatic carbocycles. The highest BCUT2D eigenvalue weighted by atomic mass is 32.2. The molecule has 0 bridgehead atoms. The van der Waals surface area contributed by atoms with Gasteiger partial charge in [0.2, 0.25) is 5.91 Å². The zero-order valence-electron chi connectivity index (χ0n) is 13.1. The molecule has 0 aromatic carbocycles. The fraction of sp³-hybridized carbons (Fsp3) is 0.562.